The van der Waals surface area contributed by atoms with Crippen LogP contribution in [0.4, 0.5) is 0 Å². The van der Waals surface area contributed by atoms with Crippen LogP contribution in [0.5, 0.6) is 0 Å². The normalized spacial score (nSPS) is 25.2. The molecule has 3 aliphatic rings. The Morgan fingerprint density at radius 3 is 2.86 bits per heavy atom. The van der Waals surface area contributed by atoms with Crippen LogP contribution in [0.2, 0.25) is 0 Å². The number of Topliss-reactive ketones (excluding diaryl/α,β-unsaturated/α-hetero) is 1. The summed E-state index contributed by atoms with van der Waals surface area (Å²) in [6.45, 7) is 4.22. The Kier molecular flexibility index (Phi) is 6.74. The number of carbonyl (C=O) groups excluding carboxylic acids is 1. The van der Waals surface area contributed by atoms with E-state index in [-0.39, 0.29) is 11.9 Å². The lowest BCUT2D eigenvalue weighted by Gasteiger charge is -2.31. The summed E-state index contributed by atoms with van der Waals surface area (Å²) in [7, 11) is 1.92. The quantitative estimate of drug-likeness (QED) is 0.396. The number of nitrogens with zero attached hydrogens (tertiary/aromatic N) is 4. The van der Waals surface area contributed by atoms with Crippen molar-refractivity contribution in [1.82, 2.24) is 19.7 Å². The topological polar surface area (TPSA) is 60.2 Å². The highest BCUT2D eigenvalue weighted by atomic mass is 32.1. The Labute approximate surface area is 211 Å². The summed E-state index contributed by atoms with van der Waals surface area (Å²) in [5.41, 5.74) is 3.03. The zero-order chi connectivity index (χ0) is 23.8. The minimum absolute atomic E-state index is 0.249. The summed E-state index contributed by atoms with van der Waals surface area (Å²) in [5.74, 6) is 1.60. The summed E-state index contributed by atoms with van der Waals surface area (Å²) in [6.07, 6.45) is 12.5. The van der Waals surface area contributed by atoms with Gasteiger partial charge in [-0.1, -0.05) is 25.0 Å². The van der Waals surface area contributed by atoms with E-state index in [1.54, 1.807) is 0 Å². The Bertz CT molecular complexity index is 1190. The van der Waals surface area contributed by atoms with Gasteiger partial charge in [0.1, 0.15) is 11.1 Å². The van der Waals surface area contributed by atoms with Crippen molar-refractivity contribution in [3.8, 4) is 0 Å². The molecule has 1 saturated carbocycles. The fraction of sp³-hybridized carbons (Fsp3) is 0.607. The first-order valence-corrected chi connectivity index (χ1v) is 14.2. The average Bonchev–Trinajstić information content (AvgIpc) is 3.61. The monoisotopic (exact) mass is 492 g/mol. The van der Waals surface area contributed by atoms with Crippen molar-refractivity contribution in [3.63, 3.8) is 0 Å². The largest absolute Gasteiger partial charge is 0.371 e. The van der Waals surface area contributed by atoms with Crippen LogP contribution in [-0.2, 0) is 24.8 Å². The SMILES string of the molecule is Cn1cc2ccc(C(=O)CC3CCC(CCN4CCc5sc(C6CCCO6)nc5C4)CC3)cc2n1. The minimum Gasteiger partial charge on any atom is -0.371 e. The van der Waals surface area contributed by atoms with E-state index in [0.717, 1.165) is 54.9 Å². The van der Waals surface area contributed by atoms with Crippen LogP contribution in [-0.4, -0.2) is 45.1 Å². The van der Waals surface area contributed by atoms with Gasteiger partial charge in [0.2, 0.25) is 0 Å². The van der Waals surface area contributed by atoms with Crippen molar-refractivity contribution in [2.45, 2.75) is 70.4 Å². The summed E-state index contributed by atoms with van der Waals surface area (Å²) < 4.78 is 7.66. The smallest absolute Gasteiger partial charge is 0.163 e. The van der Waals surface area contributed by atoms with Crippen molar-refractivity contribution < 1.29 is 9.53 Å². The molecule has 0 spiro atoms. The molecule has 1 atom stereocenters. The summed E-state index contributed by atoms with van der Waals surface area (Å²) in [5, 5.41) is 6.76. The number of hydrogen-bond donors (Lipinski definition) is 0. The number of thiazole rings is 1. The lowest BCUT2D eigenvalue weighted by Crippen LogP contribution is -2.32. The molecule has 3 aromatic rings. The molecule has 2 aliphatic heterocycles. The molecule has 35 heavy (non-hydrogen) atoms. The Morgan fingerprint density at radius 2 is 2.03 bits per heavy atom. The third kappa shape index (κ3) is 5.23. The van der Waals surface area contributed by atoms with E-state index < -0.39 is 0 Å². The zero-order valence-electron chi connectivity index (χ0n) is 20.7. The third-order valence-electron chi connectivity index (χ3n) is 8.27. The van der Waals surface area contributed by atoms with E-state index in [1.165, 1.54) is 60.6 Å². The van der Waals surface area contributed by atoms with Gasteiger partial charge in [-0.25, -0.2) is 4.98 Å². The van der Waals surface area contributed by atoms with Crippen LogP contribution >= 0.6 is 11.3 Å². The van der Waals surface area contributed by atoms with Crippen LogP contribution in [0, 0.1) is 11.8 Å². The van der Waals surface area contributed by atoms with Crippen LogP contribution in [0.25, 0.3) is 10.9 Å². The lowest BCUT2D eigenvalue weighted by atomic mass is 9.78. The van der Waals surface area contributed by atoms with Crippen LogP contribution in [0.15, 0.2) is 24.4 Å². The van der Waals surface area contributed by atoms with E-state index >= 15 is 0 Å². The number of benzene rings is 1. The molecule has 7 heteroatoms. The van der Waals surface area contributed by atoms with E-state index in [9.17, 15) is 4.79 Å². The first kappa shape index (κ1) is 23.3. The van der Waals surface area contributed by atoms with Crippen molar-refractivity contribution in [1.29, 1.82) is 0 Å². The molecular formula is C28H36N4O2S. The maximum atomic E-state index is 12.9. The second-order valence-electron chi connectivity index (χ2n) is 10.8. The van der Waals surface area contributed by atoms with Crippen LogP contribution < -0.4 is 0 Å². The maximum absolute atomic E-state index is 12.9. The van der Waals surface area contributed by atoms with Gasteiger partial charge in [-0.15, -0.1) is 11.3 Å². The lowest BCUT2D eigenvalue weighted by molar-refractivity contribution is 0.0940. The van der Waals surface area contributed by atoms with Gasteiger partial charge < -0.3 is 4.74 Å². The highest BCUT2D eigenvalue weighted by Crippen LogP contribution is 2.36. The third-order valence-corrected chi connectivity index (χ3v) is 9.52. The Balaban J connectivity index is 0.952. The van der Waals surface area contributed by atoms with Crippen LogP contribution in [0.1, 0.15) is 83.4 Å². The highest BCUT2D eigenvalue weighted by Gasteiger charge is 2.28. The first-order valence-electron chi connectivity index (χ1n) is 13.4. The molecular weight excluding hydrogens is 456 g/mol. The maximum Gasteiger partial charge on any atom is 0.163 e. The van der Waals surface area contributed by atoms with E-state index in [0.29, 0.717) is 12.3 Å². The number of aromatic nitrogens is 3. The van der Waals surface area contributed by atoms with Gasteiger partial charge in [-0.2, -0.15) is 5.10 Å². The number of ketones is 1. The predicted molar refractivity (Wildman–Crippen MR) is 139 cm³/mol. The number of fused-ring (bicyclic) bond motifs is 2. The molecule has 2 fully saturated rings. The van der Waals surface area contributed by atoms with E-state index in [2.05, 4.69) is 10.00 Å². The van der Waals surface area contributed by atoms with Crippen molar-refractivity contribution in [3.05, 3.63) is 45.5 Å². The molecule has 6 rings (SSSR count). The Morgan fingerprint density at radius 1 is 1.17 bits per heavy atom. The summed E-state index contributed by atoms with van der Waals surface area (Å²) >= 11 is 1.89. The summed E-state index contributed by atoms with van der Waals surface area (Å²) in [4.78, 5) is 22.0. The minimum atomic E-state index is 0.249. The van der Waals surface area contributed by atoms with Gasteiger partial charge in [0.15, 0.2) is 5.78 Å². The fourth-order valence-electron chi connectivity index (χ4n) is 6.16. The van der Waals surface area contributed by atoms with Gasteiger partial charge in [0.25, 0.3) is 0 Å². The van der Waals surface area contributed by atoms with E-state index in [1.807, 2.05) is 47.5 Å². The van der Waals surface area contributed by atoms with Gasteiger partial charge in [-0.05, 0) is 63.0 Å². The van der Waals surface area contributed by atoms with Crippen molar-refractivity contribution in [2.24, 2.45) is 18.9 Å². The van der Waals surface area contributed by atoms with Gasteiger partial charge in [-0.3, -0.25) is 14.4 Å². The molecule has 1 aliphatic carbocycles. The standard InChI is InChI=1S/C28H36N4O2S/c1-31-17-22-9-8-21(16-23(22)30-31)25(33)15-20-6-4-19(5-7-20)10-12-32-13-11-27-24(18-32)29-28(35-27)26-3-2-14-34-26/h8-9,16-17,19-20,26H,2-7,10-15,18H2,1H3. The van der Waals surface area contributed by atoms with Gasteiger partial charge in [0, 0.05) is 55.2 Å². The molecule has 6 nitrogen and oxygen atoms in total. The number of aryl methyl sites for hydroxylation is 1. The molecule has 0 radical (unpaired) electrons. The van der Waals surface area contributed by atoms with Crippen LogP contribution in [0.3, 0.4) is 0 Å². The average molecular weight is 493 g/mol. The van der Waals surface area contributed by atoms with Gasteiger partial charge in [0.05, 0.1) is 11.2 Å². The molecule has 2 aromatic heterocycles. The van der Waals surface area contributed by atoms with Crippen molar-refractivity contribution >= 4 is 28.0 Å². The summed E-state index contributed by atoms with van der Waals surface area (Å²) in [6, 6.07) is 5.94. The molecule has 0 amide bonds. The second kappa shape index (κ2) is 10.1. The fourth-order valence-corrected chi connectivity index (χ4v) is 7.30. The molecule has 1 unspecified atom stereocenters. The molecule has 1 saturated heterocycles. The second-order valence-corrected chi connectivity index (χ2v) is 11.9. The number of hydrogen-bond acceptors (Lipinski definition) is 6. The molecule has 4 heterocycles. The predicted octanol–water partition coefficient (Wildman–Crippen LogP) is 5.71. The number of carbonyl (C=O) groups is 1. The van der Waals surface area contributed by atoms with Crippen molar-refractivity contribution in [2.75, 3.05) is 19.7 Å². The number of rotatable bonds is 7. The highest BCUT2D eigenvalue weighted by molar-refractivity contribution is 7.11. The molecule has 186 valence electrons. The number of ether oxygens (including phenoxy) is 1. The Hall–Kier alpha value is -2.09. The molecule has 0 bridgehead atoms. The molecule has 0 N–H and O–H groups in total. The zero-order valence-corrected chi connectivity index (χ0v) is 21.6. The van der Waals surface area contributed by atoms with E-state index in [4.69, 9.17) is 9.72 Å². The van der Waals surface area contributed by atoms with Gasteiger partial charge >= 0.3 is 0 Å². The first-order chi connectivity index (χ1) is 17.1. The molecule has 1 aromatic carbocycles.